The van der Waals surface area contributed by atoms with E-state index in [1.54, 1.807) is 0 Å². The number of rotatable bonds is 2. The van der Waals surface area contributed by atoms with Crippen molar-refractivity contribution in [2.24, 2.45) is 0 Å². The standard InChI is InChI=1S/C13H16O/c1-2-11-5-3-4-6-13(11)12-7-9-14-10-8-12/h2-6,12H,1,7-10H2. The Hall–Kier alpha value is -1.08. The highest BCUT2D eigenvalue weighted by atomic mass is 16.5. The van der Waals surface area contributed by atoms with E-state index in [0.717, 1.165) is 26.1 Å². The van der Waals surface area contributed by atoms with Crippen LogP contribution in [0.4, 0.5) is 0 Å². The molecule has 0 spiro atoms. The van der Waals surface area contributed by atoms with Gasteiger partial charge in [0.15, 0.2) is 0 Å². The van der Waals surface area contributed by atoms with E-state index in [1.807, 2.05) is 6.08 Å². The number of ether oxygens (including phenoxy) is 1. The first-order valence-corrected chi connectivity index (χ1v) is 5.21. The second-order valence-electron chi connectivity index (χ2n) is 3.72. The molecule has 0 aliphatic carbocycles. The van der Waals surface area contributed by atoms with Crippen LogP contribution < -0.4 is 0 Å². The zero-order valence-corrected chi connectivity index (χ0v) is 8.41. The van der Waals surface area contributed by atoms with E-state index in [-0.39, 0.29) is 0 Å². The molecule has 0 bridgehead atoms. The highest BCUT2D eigenvalue weighted by molar-refractivity contribution is 5.52. The molecule has 1 nitrogen and oxygen atoms in total. The number of benzene rings is 1. The molecule has 74 valence electrons. The van der Waals surface area contributed by atoms with Crippen molar-refractivity contribution in [2.75, 3.05) is 13.2 Å². The summed E-state index contributed by atoms with van der Waals surface area (Å²) in [5.41, 5.74) is 2.71. The van der Waals surface area contributed by atoms with Crippen LogP contribution in [-0.2, 0) is 4.74 Å². The van der Waals surface area contributed by atoms with Gasteiger partial charge >= 0.3 is 0 Å². The first-order chi connectivity index (χ1) is 6.92. The molecule has 1 aromatic carbocycles. The molecule has 1 fully saturated rings. The van der Waals surface area contributed by atoms with Gasteiger partial charge in [-0.25, -0.2) is 0 Å². The first-order valence-electron chi connectivity index (χ1n) is 5.21. The molecule has 2 rings (SSSR count). The van der Waals surface area contributed by atoms with E-state index < -0.39 is 0 Å². The van der Waals surface area contributed by atoms with Gasteiger partial charge in [-0.3, -0.25) is 0 Å². The minimum atomic E-state index is 0.665. The van der Waals surface area contributed by atoms with Crippen LogP contribution in [0.15, 0.2) is 30.8 Å². The summed E-state index contributed by atoms with van der Waals surface area (Å²) in [7, 11) is 0. The Balaban J connectivity index is 2.24. The summed E-state index contributed by atoms with van der Waals surface area (Å²) in [5, 5.41) is 0. The molecule has 0 amide bonds. The van der Waals surface area contributed by atoms with Crippen molar-refractivity contribution in [3.05, 3.63) is 42.0 Å². The lowest BCUT2D eigenvalue weighted by Crippen LogP contribution is -2.14. The largest absolute Gasteiger partial charge is 0.381 e. The van der Waals surface area contributed by atoms with Crippen molar-refractivity contribution in [1.29, 1.82) is 0 Å². The summed E-state index contributed by atoms with van der Waals surface area (Å²) in [6.07, 6.45) is 4.24. The lowest BCUT2D eigenvalue weighted by molar-refractivity contribution is 0.0853. The molecule has 1 heterocycles. The normalized spacial score (nSPS) is 18.0. The zero-order valence-electron chi connectivity index (χ0n) is 8.41. The maximum atomic E-state index is 5.37. The van der Waals surface area contributed by atoms with Gasteiger partial charge in [0.05, 0.1) is 0 Å². The van der Waals surface area contributed by atoms with Crippen molar-refractivity contribution in [2.45, 2.75) is 18.8 Å². The topological polar surface area (TPSA) is 9.23 Å². The van der Waals surface area contributed by atoms with Gasteiger partial charge in [0.1, 0.15) is 0 Å². The maximum Gasteiger partial charge on any atom is 0.0471 e. The molecule has 0 unspecified atom stereocenters. The fourth-order valence-corrected chi connectivity index (χ4v) is 2.08. The predicted molar refractivity (Wildman–Crippen MR) is 59.3 cm³/mol. The summed E-state index contributed by atoms with van der Waals surface area (Å²) in [5.74, 6) is 0.665. The van der Waals surface area contributed by atoms with Crippen LogP contribution >= 0.6 is 0 Å². The summed E-state index contributed by atoms with van der Waals surface area (Å²) in [6, 6.07) is 8.53. The van der Waals surface area contributed by atoms with Gasteiger partial charge in [-0.15, -0.1) is 0 Å². The second-order valence-corrected chi connectivity index (χ2v) is 3.72. The monoisotopic (exact) mass is 188 g/mol. The number of hydrogen-bond donors (Lipinski definition) is 0. The molecule has 1 aliphatic rings. The number of hydrogen-bond acceptors (Lipinski definition) is 1. The molecule has 0 aromatic heterocycles. The van der Waals surface area contributed by atoms with E-state index in [0.29, 0.717) is 5.92 Å². The smallest absolute Gasteiger partial charge is 0.0471 e. The Morgan fingerprint density at radius 3 is 2.64 bits per heavy atom. The van der Waals surface area contributed by atoms with Crippen molar-refractivity contribution in [3.8, 4) is 0 Å². The molecule has 1 aromatic rings. The molecule has 1 aliphatic heterocycles. The molecule has 0 saturated carbocycles. The highest BCUT2D eigenvalue weighted by Gasteiger charge is 2.17. The van der Waals surface area contributed by atoms with Gasteiger partial charge in [-0.2, -0.15) is 0 Å². The Bertz CT molecular complexity index is 311. The van der Waals surface area contributed by atoms with E-state index in [2.05, 4.69) is 30.8 Å². The van der Waals surface area contributed by atoms with E-state index >= 15 is 0 Å². The first kappa shape index (κ1) is 9.47. The fraction of sp³-hybridized carbons (Fsp3) is 0.385. The Kier molecular flexibility index (Phi) is 3.00. The zero-order chi connectivity index (χ0) is 9.80. The third-order valence-electron chi connectivity index (χ3n) is 2.88. The molecule has 0 radical (unpaired) electrons. The van der Waals surface area contributed by atoms with E-state index in [1.165, 1.54) is 11.1 Å². The van der Waals surface area contributed by atoms with Gasteiger partial charge in [-0.1, -0.05) is 36.9 Å². The van der Waals surface area contributed by atoms with Gasteiger partial charge in [0.2, 0.25) is 0 Å². The van der Waals surface area contributed by atoms with Crippen LogP contribution in [0.5, 0.6) is 0 Å². The van der Waals surface area contributed by atoms with Gasteiger partial charge in [0, 0.05) is 13.2 Å². The SMILES string of the molecule is C=Cc1ccccc1C1CCOCC1. The molecule has 0 N–H and O–H groups in total. The predicted octanol–water partition coefficient (Wildman–Crippen LogP) is 3.22. The molecule has 0 atom stereocenters. The van der Waals surface area contributed by atoms with Crippen molar-refractivity contribution in [1.82, 2.24) is 0 Å². The summed E-state index contributed by atoms with van der Waals surface area (Å²) < 4.78 is 5.37. The molecule has 1 saturated heterocycles. The quantitative estimate of drug-likeness (QED) is 0.692. The van der Waals surface area contributed by atoms with E-state index in [4.69, 9.17) is 4.74 Å². The fourth-order valence-electron chi connectivity index (χ4n) is 2.08. The lowest BCUT2D eigenvalue weighted by Gasteiger charge is -2.23. The molecular formula is C13H16O. The summed E-state index contributed by atoms with van der Waals surface area (Å²) in [4.78, 5) is 0. The third-order valence-corrected chi connectivity index (χ3v) is 2.88. The Labute approximate surface area is 85.4 Å². The summed E-state index contributed by atoms with van der Waals surface area (Å²) >= 11 is 0. The Morgan fingerprint density at radius 2 is 1.93 bits per heavy atom. The molecule has 1 heteroatoms. The van der Waals surface area contributed by atoms with Gasteiger partial charge < -0.3 is 4.74 Å². The molecular weight excluding hydrogens is 172 g/mol. The summed E-state index contributed by atoms with van der Waals surface area (Å²) in [6.45, 7) is 5.65. The van der Waals surface area contributed by atoms with Gasteiger partial charge in [0.25, 0.3) is 0 Å². The van der Waals surface area contributed by atoms with Crippen LogP contribution in [0.2, 0.25) is 0 Å². The Morgan fingerprint density at radius 1 is 1.21 bits per heavy atom. The maximum absolute atomic E-state index is 5.37. The molecule has 14 heavy (non-hydrogen) atoms. The minimum Gasteiger partial charge on any atom is -0.381 e. The van der Waals surface area contributed by atoms with Crippen LogP contribution in [0.3, 0.4) is 0 Å². The van der Waals surface area contributed by atoms with Crippen LogP contribution in [0, 0.1) is 0 Å². The average Bonchev–Trinajstić information content (AvgIpc) is 2.30. The highest BCUT2D eigenvalue weighted by Crippen LogP contribution is 2.29. The lowest BCUT2D eigenvalue weighted by atomic mass is 9.88. The van der Waals surface area contributed by atoms with Crippen LogP contribution in [0.25, 0.3) is 6.08 Å². The average molecular weight is 188 g/mol. The van der Waals surface area contributed by atoms with Crippen molar-refractivity contribution >= 4 is 6.08 Å². The minimum absolute atomic E-state index is 0.665. The second kappa shape index (κ2) is 4.43. The van der Waals surface area contributed by atoms with Crippen molar-refractivity contribution in [3.63, 3.8) is 0 Å². The van der Waals surface area contributed by atoms with Crippen LogP contribution in [0.1, 0.15) is 29.9 Å². The van der Waals surface area contributed by atoms with Crippen LogP contribution in [-0.4, -0.2) is 13.2 Å². The van der Waals surface area contributed by atoms with E-state index in [9.17, 15) is 0 Å². The third kappa shape index (κ3) is 1.88. The van der Waals surface area contributed by atoms with Gasteiger partial charge in [-0.05, 0) is 29.9 Å². The van der Waals surface area contributed by atoms with Crippen molar-refractivity contribution < 1.29 is 4.74 Å².